The Kier molecular flexibility index (Phi) is 4.47. The van der Waals surface area contributed by atoms with Crippen molar-refractivity contribution >= 4 is 23.5 Å². The molecule has 0 spiro atoms. The number of hydrogen-bond donors (Lipinski definition) is 1. The van der Waals surface area contributed by atoms with E-state index in [1.165, 1.54) is 4.88 Å². The average molecular weight is 306 g/mol. The number of nitrogens with zero attached hydrogens (tertiary/aromatic N) is 1. The first-order valence-corrected chi connectivity index (χ1v) is 8.11. The van der Waals surface area contributed by atoms with Crippen molar-refractivity contribution in [3.8, 4) is 0 Å². The quantitative estimate of drug-likeness (QED) is 0.760. The van der Waals surface area contributed by atoms with E-state index in [0.29, 0.717) is 0 Å². The van der Waals surface area contributed by atoms with Gasteiger partial charge in [-0.1, -0.05) is 36.4 Å². The summed E-state index contributed by atoms with van der Waals surface area (Å²) < 4.78 is 0. The predicted octanol–water partition coefficient (Wildman–Crippen LogP) is 4.67. The second-order valence-corrected chi connectivity index (χ2v) is 6.18. The summed E-state index contributed by atoms with van der Waals surface area (Å²) in [5.41, 5.74) is 10.6. The fourth-order valence-electron chi connectivity index (χ4n) is 2.33. The first kappa shape index (κ1) is 14.7. The molecule has 1 aromatic carbocycles. The third-order valence-corrected chi connectivity index (χ3v) is 4.43. The van der Waals surface area contributed by atoms with Gasteiger partial charge in [0.2, 0.25) is 0 Å². The second-order valence-electron chi connectivity index (χ2n) is 5.20. The number of hydrogen-bond acceptors (Lipinski definition) is 3. The number of thiophene rings is 1. The number of aromatic nitrogens is 1. The smallest absolute Gasteiger partial charge is 0.0646 e. The summed E-state index contributed by atoms with van der Waals surface area (Å²) in [6.07, 6.45) is 4.11. The van der Waals surface area contributed by atoms with Crippen LogP contribution < -0.4 is 5.73 Å². The van der Waals surface area contributed by atoms with Crippen molar-refractivity contribution in [2.24, 2.45) is 5.73 Å². The van der Waals surface area contributed by atoms with Gasteiger partial charge in [0.15, 0.2) is 0 Å². The van der Waals surface area contributed by atoms with Crippen LogP contribution in [0.4, 0.5) is 0 Å². The first-order chi connectivity index (χ1) is 10.7. The van der Waals surface area contributed by atoms with Crippen molar-refractivity contribution in [1.82, 2.24) is 4.98 Å². The van der Waals surface area contributed by atoms with Crippen molar-refractivity contribution < 1.29 is 0 Å². The molecule has 3 aromatic rings. The minimum atomic E-state index is -0.0644. The molecule has 1 atom stereocenters. The minimum absolute atomic E-state index is 0.0644. The molecule has 3 heteroatoms. The van der Waals surface area contributed by atoms with Crippen molar-refractivity contribution in [2.75, 3.05) is 0 Å². The molecule has 0 saturated heterocycles. The lowest BCUT2D eigenvalue weighted by molar-refractivity contribution is 0.893. The van der Waals surface area contributed by atoms with E-state index >= 15 is 0 Å². The van der Waals surface area contributed by atoms with Gasteiger partial charge in [-0.25, -0.2) is 0 Å². The van der Waals surface area contributed by atoms with Crippen LogP contribution in [0.5, 0.6) is 0 Å². The van der Waals surface area contributed by atoms with Crippen LogP contribution in [0.1, 0.15) is 33.4 Å². The van der Waals surface area contributed by atoms with Crippen LogP contribution in [0, 0.1) is 6.92 Å². The van der Waals surface area contributed by atoms with Gasteiger partial charge in [0, 0.05) is 10.6 Å². The Labute approximate surface area is 135 Å². The summed E-state index contributed by atoms with van der Waals surface area (Å²) in [6, 6.07) is 18.4. The third-order valence-electron chi connectivity index (χ3n) is 3.48. The van der Waals surface area contributed by atoms with Crippen LogP contribution in [-0.4, -0.2) is 4.98 Å². The highest BCUT2D eigenvalue weighted by molar-refractivity contribution is 7.10. The number of benzene rings is 1. The van der Waals surface area contributed by atoms with E-state index in [2.05, 4.69) is 40.7 Å². The van der Waals surface area contributed by atoms with Gasteiger partial charge in [0.05, 0.1) is 11.7 Å². The summed E-state index contributed by atoms with van der Waals surface area (Å²) in [6.45, 7) is 2.00. The molecule has 2 nitrogen and oxygen atoms in total. The van der Waals surface area contributed by atoms with Gasteiger partial charge < -0.3 is 5.73 Å². The van der Waals surface area contributed by atoms with E-state index in [1.807, 2.05) is 43.3 Å². The molecule has 1 unspecified atom stereocenters. The highest BCUT2D eigenvalue weighted by atomic mass is 32.1. The van der Waals surface area contributed by atoms with Crippen molar-refractivity contribution in [2.45, 2.75) is 13.0 Å². The largest absolute Gasteiger partial charge is 0.320 e. The van der Waals surface area contributed by atoms with Crippen LogP contribution in [0.25, 0.3) is 12.2 Å². The molecule has 2 aromatic heterocycles. The van der Waals surface area contributed by atoms with Gasteiger partial charge in [-0.3, -0.25) is 4.98 Å². The van der Waals surface area contributed by atoms with E-state index in [9.17, 15) is 0 Å². The SMILES string of the molecule is Cc1cccc(/C=C/c2cccc(C(N)c3cccs3)c2)n1. The van der Waals surface area contributed by atoms with Crippen LogP contribution >= 0.6 is 11.3 Å². The molecule has 0 bridgehead atoms. The number of nitrogens with two attached hydrogens (primary N) is 1. The topological polar surface area (TPSA) is 38.9 Å². The van der Waals surface area contributed by atoms with Gasteiger partial charge in [-0.15, -0.1) is 11.3 Å². The molecule has 22 heavy (non-hydrogen) atoms. The highest BCUT2D eigenvalue weighted by Gasteiger charge is 2.09. The fraction of sp³-hybridized carbons (Fsp3) is 0.105. The maximum Gasteiger partial charge on any atom is 0.0646 e. The van der Waals surface area contributed by atoms with Gasteiger partial charge >= 0.3 is 0 Å². The van der Waals surface area contributed by atoms with E-state index in [4.69, 9.17) is 5.73 Å². The second kappa shape index (κ2) is 6.69. The van der Waals surface area contributed by atoms with Gasteiger partial charge in [-0.2, -0.15) is 0 Å². The standard InChI is InChI=1S/C19H18N2S/c1-14-5-2-8-17(21-14)11-10-15-6-3-7-16(13-15)19(20)18-9-4-12-22-18/h2-13,19H,20H2,1H3/b11-10+. The van der Waals surface area contributed by atoms with Gasteiger partial charge in [0.25, 0.3) is 0 Å². The summed E-state index contributed by atoms with van der Waals surface area (Å²) in [7, 11) is 0. The maximum atomic E-state index is 6.33. The normalized spacial score (nSPS) is 12.6. The molecule has 0 saturated carbocycles. The van der Waals surface area contributed by atoms with Crippen LogP contribution in [-0.2, 0) is 0 Å². The molecule has 0 aliphatic carbocycles. The van der Waals surface area contributed by atoms with Crippen LogP contribution in [0.15, 0.2) is 60.0 Å². The van der Waals surface area contributed by atoms with Crippen molar-refractivity contribution in [3.63, 3.8) is 0 Å². The molecule has 2 N–H and O–H groups in total. The Morgan fingerprint density at radius 3 is 2.68 bits per heavy atom. The minimum Gasteiger partial charge on any atom is -0.320 e. The predicted molar refractivity (Wildman–Crippen MR) is 94.7 cm³/mol. The Bertz CT molecular complexity index is 776. The monoisotopic (exact) mass is 306 g/mol. The molecule has 0 fully saturated rings. The van der Waals surface area contributed by atoms with Crippen LogP contribution in [0.3, 0.4) is 0 Å². The molecular formula is C19H18N2S. The number of aryl methyl sites for hydroxylation is 1. The fourth-order valence-corrected chi connectivity index (χ4v) is 3.08. The zero-order valence-electron chi connectivity index (χ0n) is 12.4. The Morgan fingerprint density at radius 2 is 1.91 bits per heavy atom. The molecule has 2 heterocycles. The molecule has 110 valence electrons. The van der Waals surface area contributed by atoms with E-state index in [0.717, 1.165) is 22.5 Å². The first-order valence-electron chi connectivity index (χ1n) is 7.23. The highest BCUT2D eigenvalue weighted by Crippen LogP contribution is 2.24. The summed E-state index contributed by atoms with van der Waals surface area (Å²) in [5.74, 6) is 0. The Balaban J connectivity index is 1.82. The maximum absolute atomic E-state index is 6.33. The molecular weight excluding hydrogens is 288 g/mol. The molecule has 0 aliphatic heterocycles. The molecule has 0 aliphatic rings. The average Bonchev–Trinajstić information content (AvgIpc) is 3.07. The lowest BCUT2D eigenvalue weighted by Crippen LogP contribution is -2.10. The van der Waals surface area contributed by atoms with E-state index in [1.54, 1.807) is 11.3 Å². The van der Waals surface area contributed by atoms with Gasteiger partial charge in [-0.05, 0) is 53.8 Å². The zero-order valence-corrected chi connectivity index (χ0v) is 13.3. The van der Waals surface area contributed by atoms with E-state index < -0.39 is 0 Å². The number of pyridine rings is 1. The van der Waals surface area contributed by atoms with Crippen molar-refractivity contribution in [3.05, 3.63) is 87.4 Å². The molecule has 0 radical (unpaired) electrons. The van der Waals surface area contributed by atoms with Crippen LogP contribution in [0.2, 0.25) is 0 Å². The third kappa shape index (κ3) is 3.50. The Hall–Kier alpha value is -2.23. The summed E-state index contributed by atoms with van der Waals surface area (Å²) >= 11 is 1.69. The lowest BCUT2D eigenvalue weighted by atomic mass is 10.0. The lowest BCUT2D eigenvalue weighted by Gasteiger charge is -2.10. The summed E-state index contributed by atoms with van der Waals surface area (Å²) in [5, 5.41) is 2.06. The summed E-state index contributed by atoms with van der Waals surface area (Å²) in [4.78, 5) is 5.66. The van der Waals surface area contributed by atoms with Crippen molar-refractivity contribution in [1.29, 1.82) is 0 Å². The zero-order chi connectivity index (χ0) is 15.4. The molecule has 0 amide bonds. The number of rotatable bonds is 4. The van der Waals surface area contributed by atoms with Gasteiger partial charge in [0.1, 0.15) is 0 Å². The molecule has 3 rings (SSSR count). The van der Waals surface area contributed by atoms with E-state index in [-0.39, 0.29) is 6.04 Å². The Morgan fingerprint density at radius 1 is 1.05 bits per heavy atom.